The summed E-state index contributed by atoms with van der Waals surface area (Å²) in [5, 5.41) is 8.62. The van der Waals surface area contributed by atoms with Crippen molar-refractivity contribution in [2.75, 3.05) is 0 Å². The lowest BCUT2D eigenvalue weighted by molar-refractivity contribution is -0.135. The summed E-state index contributed by atoms with van der Waals surface area (Å²) in [6.45, 7) is 0. The highest BCUT2D eigenvalue weighted by molar-refractivity contribution is 7.12. The van der Waals surface area contributed by atoms with Gasteiger partial charge in [-0.25, -0.2) is 0 Å². The van der Waals surface area contributed by atoms with Gasteiger partial charge in [0.1, 0.15) is 0 Å². The second kappa shape index (κ2) is 10.8. The van der Waals surface area contributed by atoms with Gasteiger partial charge < -0.3 is 5.11 Å². The second-order valence-electron chi connectivity index (χ2n) is 6.06. The summed E-state index contributed by atoms with van der Waals surface area (Å²) in [6.07, 6.45) is 12.5. The first-order valence-electron chi connectivity index (χ1n) is 8.75. The Hall–Kier alpha value is -1.87. The summed E-state index contributed by atoms with van der Waals surface area (Å²) in [5.74, 6) is -0.782. The lowest BCUT2D eigenvalue weighted by Crippen LogP contribution is -1.89. The fourth-order valence-electron chi connectivity index (χ4n) is 2.70. The second-order valence-corrected chi connectivity index (χ2v) is 7.26. The van der Waals surface area contributed by atoms with E-state index in [0.29, 0.717) is 0 Å². The smallest absolute Gasteiger partial charge is 0.307 e. The van der Waals surface area contributed by atoms with E-state index in [9.17, 15) is 4.79 Å². The van der Waals surface area contributed by atoms with Crippen LogP contribution < -0.4 is 0 Å². The summed E-state index contributed by atoms with van der Waals surface area (Å²) < 4.78 is 0. The number of hydrogen-bond donors (Lipinski definition) is 1. The molecule has 0 fully saturated rings. The highest BCUT2D eigenvalue weighted by Crippen LogP contribution is 2.20. The highest BCUT2D eigenvalue weighted by atomic mass is 32.1. The van der Waals surface area contributed by atoms with Crippen LogP contribution in [0.25, 0.3) is 6.08 Å². The van der Waals surface area contributed by atoms with E-state index in [1.807, 2.05) is 6.08 Å². The molecule has 1 heterocycles. The minimum Gasteiger partial charge on any atom is -0.481 e. The summed E-state index contributed by atoms with van der Waals surface area (Å²) in [4.78, 5) is 13.0. The lowest BCUT2D eigenvalue weighted by atomic mass is 10.0. The Morgan fingerprint density at radius 3 is 2.38 bits per heavy atom. The number of carboxylic acids is 1. The number of carboxylic acid groups (broad SMARTS) is 1. The maximum atomic E-state index is 10.5. The molecule has 0 saturated heterocycles. The van der Waals surface area contributed by atoms with Crippen molar-refractivity contribution in [2.24, 2.45) is 0 Å². The van der Waals surface area contributed by atoms with E-state index in [1.165, 1.54) is 49.0 Å². The molecule has 2 aromatic rings. The van der Waals surface area contributed by atoms with Crippen LogP contribution in [0.3, 0.4) is 0 Å². The molecule has 0 aliphatic heterocycles. The first kappa shape index (κ1) is 18.5. The van der Waals surface area contributed by atoms with Gasteiger partial charge in [-0.15, -0.1) is 11.3 Å². The molecule has 0 aliphatic carbocycles. The van der Waals surface area contributed by atoms with Gasteiger partial charge in [-0.1, -0.05) is 55.7 Å². The number of thiophene rings is 1. The van der Waals surface area contributed by atoms with Crippen molar-refractivity contribution in [1.29, 1.82) is 0 Å². The molecule has 0 bridgehead atoms. The highest BCUT2D eigenvalue weighted by Gasteiger charge is 1.99. The zero-order valence-electron chi connectivity index (χ0n) is 14.1. The Labute approximate surface area is 148 Å². The number of hydrogen-bond acceptors (Lipinski definition) is 2. The number of unbranched alkanes of at least 4 members (excludes halogenated alkanes) is 4. The molecule has 0 atom stereocenters. The van der Waals surface area contributed by atoms with Gasteiger partial charge >= 0.3 is 5.97 Å². The van der Waals surface area contributed by atoms with Crippen molar-refractivity contribution >= 4 is 23.4 Å². The predicted molar refractivity (Wildman–Crippen MR) is 103 cm³/mol. The largest absolute Gasteiger partial charge is 0.481 e. The molecule has 3 heteroatoms. The minimum absolute atomic E-state index is 0.0935. The van der Waals surface area contributed by atoms with Crippen molar-refractivity contribution in [3.8, 4) is 0 Å². The number of aliphatic carboxylic acids is 1. The minimum atomic E-state index is -0.782. The summed E-state index contributed by atoms with van der Waals surface area (Å²) in [7, 11) is 0. The molecule has 1 aromatic heterocycles. The Kier molecular flexibility index (Phi) is 8.33. The maximum absolute atomic E-state index is 10.5. The number of carbonyl (C=O) groups is 1. The summed E-state index contributed by atoms with van der Waals surface area (Å²) in [5.41, 5.74) is 1.44. The van der Waals surface area contributed by atoms with E-state index in [-0.39, 0.29) is 6.42 Å². The van der Waals surface area contributed by atoms with Crippen LogP contribution in [0.5, 0.6) is 0 Å². The Morgan fingerprint density at radius 2 is 1.62 bits per heavy atom. The zero-order chi connectivity index (χ0) is 17.0. The standard InChI is InChI=1S/C21H26O2S/c22-21(23)15-9-14-20-17-16-19(24-20)13-8-3-1-2-5-10-18-11-6-4-7-12-18/h4,6-7,9,11-12,14,16-17H,1-3,5,8,10,13,15H2,(H,22,23). The van der Waals surface area contributed by atoms with Gasteiger partial charge in [-0.2, -0.15) is 0 Å². The third-order valence-electron chi connectivity index (χ3n) is 3.99. The van der Waals surface area contributed by atoms with E-state index in [2.05, 4.69) is 42.5 Å². The summed E-state index contributed by atoms with van der Waals surface area (Å²) >= 11 is 1.77. The molecule has 0 spiro atoms. The summed E-state index contributed by atoms with van der Waals surface area (Å²) in [6, 6.07) is 15.0. The van der Waals surface area contributed by atoms with Gasteiger partial charge in [0.15, 0.2) is 0 Å². The monoisotopic (exact) mass is 342 g/mol. The van der Waals surface area contributed by atoms with Gasteiger partial charge in [0.2, 0.25) is 0 Å². The third-order valence-corrected chi connectivity index (χ3v) is 5.10. The SMILES string of the molecule is O=C(O)CC=Cc1ccc(CCCCCCCc2ccccc2)s1. The molecule has 0 radical (unpaired) electrons. The maximum Gasteiger partial charge on any atom is 0.307 e. The van der Waals surface area contributed by atoms with Crippen LogP contribution in [-0.4, -0.2) is 11.1 Å². The fraction of sp³-hybridized carbons (Fsp3) is 0.381. The normalized spacial score (nSPS) is 11.2. The van der Waals surface area contributed by atoms with Crippen LogP contribution in [0.1, 0.15) is 53.8 Å². The Bertz CT molecular complexity index is 628. The van der Waals surface area contributed by atoms with Gasteiger partial charge in [0.05, 0.1) is 6.42 Å². The van der Waals surface area contributed by atoms with Gasteiger partial charge in [-0.05, 0) is 49.5 Å². The topological polar surface area (TPSA) is 37.3 Å². The molecule has 24 heavy (non-hydrogen) atoms. The first-order chi connectivity index (χ1) is 11.7. The number of aryl methyl sites for hydroxylation is 2. The van der Waals surface area contributed by atoms with Crippen LogP contribution in [0.15, 0.2) is 48.5 Å². The third kappa shape index (κ3) is 7.60. The molecule has 0 amide bonds. The lowest BCUT2D eigenvalue weighted by Gasteiger charge is -2.02. The molecular weight excluding hydrogens is 316 g/mol. The zero-order valence-corrected chi connectivity index (χ0v) is 14.9. The Morgan fingerprint density at radius 1 is 0.917 bits per heavy atom. The van der Waals surface area contributed by atoms with Crippen molar-refractivity contribution < 1.29 is 9.90 Å². The van der Waals surface area contributed by atoms with Gasteiger partial charge in [-0.3, -0.25) is 4.79 Å². The van der Waals surface area contributed by atoms with E-state index >= 15 is 0 Å². The van der Waals surface area contributed by atoms with Crippen molar-refractivity contribution in [1.82, 2.24) is 0 Å². The molecule has 2 rings (SSSR count). The van der Waals surface area contributed by atoms with Crippen molar-refractivity contribution in [2.45, 2.75) is 51.4 Å². The predicted octanol–water partition coefficient (Wildman–Crippen LogP) is 5.97. The number of rotatable bonds is 11. The molecule has 0 saturated carbocycles. The average molecular weight is 343 g/mol. The first-order valence-corrected chi connectivity index (χ1v) is 9.56. The van der Waals surface area contributed by atoms with Crippen LogP contribution in [0.2, 0.25) is 0 Å². The Balaban J connectivity index is 1.54. The van der Waals surface area contributed by atoms with Crippen molar-refractivity contribution in [3.63, 3.8) is 0 Å². The van der Waals surface area contributed by atoms with Gasteiger partial charge in [0.25, 0.3) is 0 Å². The molecule has 2 nitrogen and oxygen atoms in total. The number of benzene rings is 1. The van der Waals surface area contributed by atoms with E-state index in [0.717, 1.165) is 11.3 Å². The molecule has 0 unspecified atom stereocenters. The van der Waals surface area contributed by atoms with Crippen LogP contribution >= 0.6 is 11.3 Å². The molecular formula is C21H26O2S. The molecule has 1 N–H and O–H groups in total. The van der Waals surface area contributed by atoms with Crippen LogP contribution in [0, 0.1) is 0 Å². The van der Waals surface area contributed by atoms with Crippen molar-refractivity contribution in [3.05, 3.63) is 63.9 Å². The quantitative estimate of drug-likeness (QED) is 0.511. The van der Waals surface area contributed by atoms with Gasteiger partial charge in [0, 0.05) is 9.75 Å². The van der Waals surface area contributed by atoms with Crippen LogP contribution in [-0.2, 0) is 17.6 Å². The average Bonchev–Trinajstić information content (AvgIpc) is 3.02. The molecule has 128 valence electrons. The molecule has 0 aliphatic rings. The van der Waals surface area contributed by atoms with Crippen LogP contribution in [0.4, 0.5) is 0 Å². The fourth-order valence-corrected chi connectivity index (χ4v) is 3.68. The van der Waals surface area contributed by atoms with E-state index in [4.69, 9.17) is 5.11 Å². The van der Waals surface area contributed by atoms with E-state index in [1.54, 1.807) is 17.4 Å². The molecule has 1 aromatic carbocycles. The van der Waals surface area contributed by atoms with E-state index < -0.39 is 5.97 Å².